The third-order valence-corrected chi connectivity index (χ3v) is 2.94. The molecule has 2 aromatic rings. The van der Waals surface area contributed by atoms with Gasteiger partial charge in [0, 0.05) is 5.69 Å². The molecule has 106 valence electrons. The van der Waals surface area contributed by atoms with Crippen molar-refractivity contribution >= 4 is 22.6 Å². The SMILES string of the molecule is COC(=O)c1cc2nnn([C@H](C)CO)c(=O)c2cc1N. The molecule has 0 unspecified atom stereocenters. The number of nitrogens with zero attached hydrogens (tertiary/aromatic N) is 3. The van der Waals surface area contributed by atoms with E-state index in [0.29, 0.717) is 0 Å². The standard InChI is InChI=1S/C12H14N4O4/c1-6(5-17)16-11(18)8-3-9(13)7(12(19)20-2)4-10(8)14-15-16/h3-4,6,17H,5,13H2,1-2H3/t6-/m1/s1. The maximum Gasteiger partial charge on any atom is 0.340 e. The maximum atomic E-state index is 12.2. The van der Waals surface area contributed by atoms with E-state index in [1.807, 2.05) is 0 Å². The highest BCUT2D eigenvalue weighted by Gasteiger charge is 2.16. The Morgan fingerprint density at radius 3 is 2.85 bits per heavy atom. The molecule has 0 radical (unpaired) electrons. The fourth-order valence-electron chi connectivity index (χ4n) is 1.77. The van der Waals surface area contributed by atoms with Gasteiger partial charge in [-0.3, -0.25) is 4.79 Å². The number of rotatable bonds is 3. The van der Waals surface area contributed by atoms with Gasteiger partial charge < -0.3 is 15.6 Å². The fraction of sp³-hybridized carbons (Fsp3) is 0.333. The number of hydrogen-bond acceptors (Lipinski definition) is 7. The number of aliphatic hydroxyl groups is 1. The molecule has 1 heterocycles. The first-order valence-corrected chi connectivity index (χ1v) is 5.87. The Balaban J connectivity index is 2.70. The predicted octanol–water partition coefficient (Wildman–Crippen LogP) is -0.286. The molecule has 8 nitrogen and oxygen atoms in total. The van der Waals surface area contributed by atoms with Crippen LogP contribution in [0.5, 0.6) is 0 Å². The number of methoxy groups -OCH3 is 1. The molecular weight excluding hydrogens is 264 g/mol. The summed E-state index contributed by atoms with van der Waals surface area (Å²) in [6.45, 7) is 1.39. The van der Waals surface area contributed by atoms with Crippen LogP contribution in [0.3, 0.4) is 0 Å². The van der Waals surface area contributed by atoms with Crippen LogP contribution in [0.15, 0.2) is 16.9 Å². The van der Waals surface area contributed by atoms with Crippen molar-refractivity contribution in [3.8, 4) is 0 Å². The Morgan fingerprint density at radius 1 is 1.55 bits per heavy atom. The van der Waals surface area contributed by atoms with Crippen molar-refractivity contribution in [3.63, 3.8) is 0 Å². The minimum atomic E-state index is -0.612. The van der Waals surface area contributed by atoms with Crippen LogP contribution in [-0.2, 0) is 4.74 Å². The molecule has 0 fully saturated rings. The van der Waals surface area contributed by atoms with Crippen LogP contribution >= 0.6 is 0 Å². The second kappa shape index (κ2) is 5.25. The highest BCUT2D eigenvalue weighted by atomic mass is 16.5. The van der Waals surface area contributed by atoms with Crippen molar-refractivity contribution in [1.82, 2.24) is 15.0 Å². The summed E-state index contributed by atoms with van der Waals surface area (Å²) >= 11 is 0. The molecule has 0 saturated carbocycles. The molecule has 0 amide bonds. The third kappa shape index (κ3) is 2.21. The molecule has 0 aliphatic heterocycles. The molecule has 0 aliphatic rings. The highest BCUT2D eigenvalue weighted by molar-refractivity contribution is 5.99. The van der Waals surface area contributed by atoms with Gasteiger partial charge in [-0.25, -0.2) is 9.48 Å². The molecule has 1 aromatic carbocycles. The number of benzene rings is 1. The van der Waals surface area contributed by atoms with E-state index in [1.54, 1.807) is 6.92 Å². The summed E-state index contributed by atoms with van der Waals surface area (Å²) < 4.78 is 5.66. The number of nitrogen functional groups attached to an aromatic ring is 1. The first-order valence-electron chi connectivity index (χ1n) is 5.87. The summed E-state index contributed by atoms with van der Waals surface area (Å²) in [6, 6.07) is 2.22. The van der Waals surface area contributed by atoms with Crippen LogP contribution in [0, 0.1) is 0 Å². The quantitative estimate of drug-likeness (QED) is 0.584. The van der Waals surface area contributed by atoms with Gasteiger partial charge in [-0.05, 0) is 19.1 Å². The summed E-state index contributed by atoms with van der Waals surface area (Å²) in [5.41, 5.74) is 5.80. The maximum absolute atomic E-state index is 12.2. The number of carbonyl (C=O) groups is 1. The van der Waals surface area contributed by atoms with Gasteiger partial charge >= 0.3 is 5.97 Å². The summed E-state index contributed by atoms with van der Waals surface area (Å²) in [5.74, 6) is -0.612. The van der Waals surface area contributed by atoms with Crippen LogP contribution in [0.25, 0.3) is 10.9 Å². The van der Waals surface area contributed by atoms with E-state index in [0.717, 1.165) is 4.68 Å². The van der Waals surface area contributed by atoms with Gasteiger partial charge in [0.2, 0.25) is 0 Å². The molecule has 0 spiro atoms. The third-order valence-electron chi connectivity index (χ3n) is 2.94. The lowest BCUT2D eigenvalue weighted by molar-refractivity contribution is 0.0602. The average Bonchev–Trinajstić information content (AvgIpc) is 2.46. The van der Waals surface area contributed by atoms with Crippen molar-refractivity contribution in [2.45, 2.75) is 13.0 Å². The number of anilines is 1. The lowest BCUT2D eigenvalue weighted by atomic mass is 10.1. The minimum Gasteiger partial charge on any atom is -0.465 e. The van der Waals surface area contributed by atoms with Crippen molar-refractivity contribution in [2.75, 3.05) is 19.5 Å². The van der Waals surface area contributed by atoms with Crippen molar-refractivity contribution in [2.24, 2.45) is 0 Å². The number of nitrogens with two attached hydrogens (primary N) is 1. The van der Waals surface area contributed by atoms with Gasteiger partial charge in [0.1, 0.15) is 5.52 Å². The molecule has 20 heavy (non-hydrogen) atoms. The Bertz CT molecular complexity index is 725. The molecule has 1 atom stereocenters. The topological polar surface area (TPSA) is 120 Å². The van der Waals surface area contributed by atoms with E-state index < -0.39 is 17.6 Å². The van der Waals surface area contributed by atoms with Gasteiger partial charge in [0.05, 0.1) is 30.7 Å². The summed E-state index contributed by atoms with van der Waals surface area (Å²) in [4.78, 5) is 23.7. The molecular formula is C12H14N4O4. The number of aliphatic hydroxyl groups excluding tert-OH is 1. The van der Waals surface area contributed by atoms with Crippen LogP contribution in [0.2, 0.25) is 0 Å². The second-order valence-corrected chi connectivity index (χ2v) is 4.32. The molecule has 8 heteroatoms. The van der Waals surface area contributed by atoms with Crippen LogP contribution in [0.1, 0.15) is 23.3 Å². The van der Waals surface area contributed by atoms with E-state index in [2.05, 4.69) is 15.0 Å². The van der Waals surface area contributed by atoms with Gasteiger partial charge in [-0.1, -0.05) is 5.21 Å². The van der Waals surface area contributed by atoms with Gasteiger partial charge in [-0.2, -0.15) is 0 Å². The lowest BCUT2D eigenvalue weighted by Crippen LogP contribution is -2.29. The van der Waals surface area contributed by atoms with E-state index in [1.165, 1.54) is 19.2 Å². The zero-order valence-electron chi connectivity index (χ0n) is 11.0. The summed E-state index contributed by atoms with van der Waals surface area (Å²) in [6.07, 6.45) is 0. The van der Waals surface area contributed by atoms with E-state index in [9.17, 15) is 9.59 Å². The van der Waals surface area contributed by atoms with Gasteiger partial charge in [0.25, 0.3) is 5.56 Å². The number of esters is 1. The minimum absolute atomic E-state index is 0.123. The summed E-state index contributed by atoms with van der Waals surface area (Å²) in [5, 5.41) is 16.9. The van der Waals surface area contributed by atoms with Crippen LogP contribution in [-0.4, -0.2) is 39.8 Å². The molecule has 0 saturated heterocycles. The highest BCUT2D eigenvalue weighted by Crippen LogP contribution is 2.18. The zero-order chi connectivity index (χ0) is 14.9. The van der Waals surface area contributed by atoms with Crippen LogP contribution < -0.4 is 11.3 Å². The largest absolute Gasteiger partial charge is 0.465 e. The molecule has 2 rings (SSSR count). The second-order valence-electron chi connectivity index (χ2n) is 4.32. The predicted molar refractivity (Wildman–Crippen MR) is 71.3 cm³/mol. The van der Waals surface area contributed by atoms with Gasteiger partial charge in [-0.15, -0.1) is 5.10 Å². The smallest absolute Gasteiger partial charge is 0.340 e. The first-order chi connectivity index (χ1) is 9.49. The zero-order valence-corrected chi connectivity index (χ0v) is 11.0. The van der Waals surface area contributed by atoms with Crippen molar-refractivity contribution in [3.05, 3.63) is 28.0 Å². The Kier molecular flexibility index (Phi) is 3.66. The molecule has 0 bridgehead atoms. The number of aromatic nitrogens is 3. The van der Waals surface area contributed by atoms with E-state index in [-0.39, 0.29) is 28.8 Å². The van der Waals surface area contributed by atoms with Crippen LogP contribution in [0.4, 0.5) is 5.69 Å². The fourth-order valence-corrected chi connectivity index (χ4v) is 1.77. The van der Waals surface area contributed by atoms with E-state index >= 15 is 0 Å². The van der Waals surface area contributed by atoms with Gasteiger partial charge in [0.15, 0.2) is 0 Å². The number of hydrogen-bond donors (Lipinski definition) is 2. The van der Waals surface area contributed by atoms with Crippen molar-refractivity contribution in [1.29, 1.82) is 0 Å². The normalized spacial score (nSPS) is 12.3. The molecule has 3 N–H and O–H groups in total. The van der Waals surface area contributed by atoms with E-state index in [4.69, 9.17) is 10.8 Å². The number of carbonyl (C=O) groups excluding carboxylic acids is 1. The molecule has 0 aliphatic carbocycles. The monoisotopic (exact) mass is 278 g/mol. The number of ether oxygens (including phenoxy) is 1. The average molecular weight is 278 g/mol. The Hall–Kier alpha value is -2.48. The lowest BCUT2D eigenvalue weighted by Gasteiger charge is -2.11. The molecule has 1 aromatic heterocycles. The summed E-state index contributed by atoms with van der Waals surface area (Å²) in [7, 11) is 1.23. The number of fused-ring (bicyclic) bond motifs is 1. The Morgan fingerprint density at radius 2 is 2.25 bits per heavy atom. The van der Waals surface area contributed by atoms with Crippen molar-refractivity contribution < 1.29 is 14.6 Å². The Labute approximate surface area is 113 Å². The first kappa shape index (κ1) is 13.9.